The van der Waals surface area contributed by atoms with Crippen LogP contribution >= 0.6 is 0 Å². The average molecular weight is 451 g/mol. The Kier molecular flexibility index (Phi) is 8.29. The molecule has 7 heteroatoms. The second-order valence-corrected chi connectivity index (χ2v) is 7.75. The molecule has 4 N–H and O–H groups in total. The maximum Gasteiger partial charge on any atom is 0.307 e. The van der Waals surface area contributed by atoms with E-state index in [2.05, 4.69) is 5.32 Å². The zero-order valence-corrected chi connectivity index (χ0v) is 18.4. The van der Waals surface area contributed by atoms with Crippen molar-refractivity contribution in [1.29, 1.82) is 0 Å². The fourth-order valence-electron chi connectivity index (χ4n) is 3.64. The van der Waals surface area contributed by atoms with Crippen LogP contribution in [0.1, 0.15) is 33.5 Å². The molecule has 0 aromatic heterocycles. The van der Waals surface area contributed by atoms with Crippen molar-refractivity contribution in [2.45, 2.75) is 25.8 Å². The number of carbonyl (C=O) groups excluding carboxylic acids is 1. The van der Waals surface area contributed by atoms with Gasteiger partial charge in [-0.05, 0) is 77.1 Å². The van der Waals surface area contributed by atoms with Crippen molar-refractivity contribution in [3.05, 3.63) is 88.7 Å². The summed E-state index contributed by atoms with van der Waals surface area (Å²) in [5.41, 5.74) is 9.93. The van der Waals surface area contributed by atoms with Gasteiger partial charge in [0.15, 0.2) is 0 Å². The molecule has 172 valence electrons. The first-order chi connectivity index (χ1) is 15.9. The molecule has 0 bridgehead atoms. The summed E-state index contributed by atoms with van der Waals surface area (Å²) in [5.74, 6) is -1.76. The van der Waals surface area contributed by atoms with Crippen LogP contribution in [0.3, 0.4) is 0 Å². The van der Waals surface area contributed by atoms with Gasteiger partial charge >= 0.3 is 5.97 Å². The molecule has 3 rings (SSSR count). The third-order valence-electron chi connectivity index (χ3n) is 5.20. The Morgan fingerprint density at radius 3 is 2.48 bits per heavy atom. The second-order valence-electron chi connectivity index (χ2n) is 7.75. The Hall–Kier alpha value is -3.55. The summed E-state index contributed by atoms with van der Waals surface area (Å²) < 4.78 is 19.3. The highest BCUT2D eigenvalue weighted by Crippen LogP contribution is 2.26. The summed E-state index contributed by atoms with van der Waals surface area (Å²) in [4.78, 5) is 24.3. The van der Waals surface area contributed by atoms with Crippen LogP contribution in [0.2, 0.25) is 0 Å². The number of nitrogens with two attached hydrogens (primary N) is 1. The molecule has 0 heterocycles. The Morgan fingerprint density at radius 2 is 1.76 bits per heavy atom. The standard InChI is InChI=1S/C26H27FN2O4/c1-33-8-4-5-17-9-20(21-11-18(16-28)12-23(27)14-21)13-22(10-17)26(32)29-24-7-3-2-6-19(24)15-25(30)31/h2-3,6-7,9-14H,4-5,8,15-16,28H2,1H3,(H,29,32)(H,30,31). The second kappa shape index (κ2) is 11.4. The van der Waals surface area contributed by atoms with Gasteiger partial charge in [0, 0.05) is 31.5 Å². The first kappa shape index (κ1) is 24.1. The molecule has 6 nitrogen and oxygen atoms in total. The van der Waals surface area contributed by atoms with E-state index in [1.807, 2.05) is 6.07 Å². The number of carboxylic acids is 1. The molecule has 1 amide bonds. The molecule has 3 aromatic rings. The lowest BCUT2D eigenvalue weighted by Gasteiger charge is -2.13. The van der Waals surface area contributed by atoms with Crippen LogP contribution in [0.25, 0.3) is 11.1 Å². The Balaban J connectivity index is 1.98. The fourth-order valence-corrected chi connectivity index (χ4v) is 3.64. The van der Waals surface area contributed by atoms with Crippen LogP contribution in [0.5, 0.6) is 0 Å². The van der Waals surface area contributed by atoms with E-state index in [4.69, 9.17) is 15.6 Å². The topological polar surface area (TPSA) is 102 Å². The minimum absolute atomic E-state index is 0.200. The number of rotatable bonds is 10. The summed E-state index contributed by atoms with van der Waals surface area (Å²) in [5, 5.41) is 12.0. The van der Waals surface area contributed by atoms with Gasteiger partial charge in [-0.3, -0.25) is 9.59 Å². The third-order valence-corrected chi connectivity index (χ3v) is 5.20. The number of aliphatic carboxylic acids is 1. The molecule has 0 radical (unpaired) electrons. The Morgan fingerprint density at radius 1 is 1.03 bits per heavy atom. The first-order valence-electron chi connectivity index (χ1n) is 10.6. The Bertz CT molecular complexity index is 1150. The maximum absolute atomic E-state index is 14.1. The van der Waals surface area contributed by atoms with E-state index in [0.717, 1.165) is 12.0 Å². The van der Waals surface area contributed by atoms with Gasteiger partial charge < -0.3 is 20.9 Å². The molecule has 0 unspecified atom stereocenters. The fraction of sp³-hybridized carbons (Fsp3) is 0.231. The van der Waals surface area contributed by atoms with Gasteiger partial charge in [-0.1, -0.05) is 24.3 Å². The van der Waals surface area contributed by atoms with Crippen molar-refractivity contribution in [2.75, 3.05) is 19.0 Å². The zero-order chi connectivity index (χ0) is 23.8. The third kappa shape index (κ3) is 6.71. The number of hydrogen-bond donors (Lipinski definition) is 3. The number of methoxy groups -OCH3 is 1. The number of carboxylic acid groups (broad SMARTS) is 1. The molecular weight excluding hydrogens is 423 g/mol. The van der Waals surface area contributed by atoms with Gasteiger partial charge in [-0.15, -0.1) is 0 Å². The summed E-state index contributed by atoms with van der Waals surface area (Å²) in [7, 11) is 1.63. The van der Waals surface area contributed by atoms with Gasteiger partial charge in [-0.25, -0.2) is 4.39 Å². The Labute approximate surface area is 192 Å². The number of nitrogens with one attached hydrogen (secondary N) is 1. The molecule has 0 spiro atoms. The highest BCUT2D eigenvalue weighted by molar-refractivity contribution is 6.05. The van der Waals surface area contributed by atoms with Crippen molar-refractivity contribution in [3.63, 3.8) is 0 Å². The largest absolute Gasteiger partial charge is 0.481 e. The SMILES string of the molecule is COCCCc1cc(C(=O)Nc2ccccc2CC(=O)O)cc(-c2cc(F)cc(CN)c2)c1. The number of carbonyl (C=O) groups is 2. The maximum atomic E-state index is 14.1. The number of hydrogen-bond acceptors (Lipinski definition) is 4. The molecule has 0 atom stereocenters. The molecule has 0 saturated heterocycles. The summed E-state index contributed by atoms with van der Waals surface area (Å²) in [6.45, 7) is 0.775. The molecular formula is C26H27FN2O4. The number of benzene rings is 3. The number of aryl methyl sites for hydroxylation is 1. The molecule has 0 aliphatic heterocycles. The summed E-state index contributed by atoms with van der Waals surface area (Å²) in [6, 6.07) is 16.8. The average Bonchev–Trinajstić information content (AvgIpc) is 2.79. The minimum Gasteiger partial charge on any atom is -0.481 e. The number of ether oxygens (including phenoxy) is 1. The van der Waals surface area contributed by atoms with E-state index in [1.54, 1.807) is 49.6 Å². The van der Waals surface area contributed by atoms with Crippen molar-refractivity contribution in [2.24, 2.45) is 5.73 Å². The van der Waals surface area contributed by atoms with E-state index in [-0.39, 0.29) is 18.9 Å². The van der Waals surface area contributed by atoms with E-state index in [0.29, 0.717) is 46.5 Å². The highest BCUT2D eigenvalue weighted by Gasteiger charge is 2.14. The lowest BCUT2D eigenvalue weighted by atomic mass is 9.96. The predicted octanol–water partition coefficient (Wildman–Crippen LogP) is 4.41. The van der Waals surface area contributed by atoms with Gasteiger partial charge in [-0.2, -0.15) is 0 Å². The van der Waals surface area contributed by atoms with Crippen molar-refractivity contribution >= 4 is 17.6 Å². The van der Waals surface area contributed by atoms with Crippen LogP contribution in [0.4, 0.5) is 10.1 Å². The molecule has 3 aromatic carbocycles. The zero-order valence-electron chi connectivity index (χ0n) is 18.4. The van der Waals surface area contributed by atoms with Gasteiger partial charge in [0.25, 0.3) is 5.91 Å². The van der Waals surface area contributed by atoms with Crippen LogP contribution < -0.4 is 11.1 Å². The quantitative estimate of drug-likeness (QED) is 0.397. The van der Waals surface area contributed by atoms with Gasteiger partial charge in [0.2, 0.25) is 0 Å². The van der Waals surface area contributed by atoms with Crippen LogP contribution in [0, 0.1) is 5.82 Å². The van der Waals surface area contributed by atoms with Crippen molar-refractivity contribution < 1.29 is 23.8 Å². The molecule has 0 aliphatic rings. The monoisotopic (exact) mass is 450 g/mol. The van der Waals surface area contributed by atoms with E-state index in [1.165, 1.54) is 12.1 Å². The van der Waals surface area contributed by atoms with E-state index < -0.39 is 11.8 Å². The van der Waals surface area contributed by atoms with Crippen LogP contribution in [0.15, 0.2) is 60.7 Å². The summed E-state index contributed by atoms with van der Waals surface area (Å²) in [6.07, 6.45) is 1.24. The van der Waals surface area contributed by atoms with Gasteiger partial charge in [0.1, 0.15) is 5.82 Å². The molecule has 0 fully saturated rings. The number of amides is 1. The molecule has 0 saturated carbocycles. The first-order valence-corrected chi connectivity index (χ1v) is 10.6. The van der Waals surface area contributed by atoms with Crippen molar-refractivity contribution in [3.8, 4) is 11.1 Å². The smallest absolute Gasteiger partial charge is 0.307 e. The number of para-hydroxylation sites is 1. The lowest BCUT2D eigenvalue weighted by Crippen LogP contribution is -2.15. The predicted molar refractivity (Wildman–Crippen MR) is 126 cm³/mol. The molecule has 33 heavy (non-hydrogen) atoms. The van der Waals surface area contributed by atoms with E-state index >= 15 is 0 Å². The minimum atomic E-state index is -0.985. The molecule has 0 aliphatic carbocycles. The van der Waals surface area contributed by atoms with Crippen molar-refractivity contribution in [1.82, 2.24) is 0 Å². The summed E-state index contributed by atoms with van der Waals surface area (Å²) >= 11 is 0. The normalized spacial score (nSPS) is 10.8. The lowest BCUT2D eigenvalue weighted by molar-refractivity contribution is -0.136. The highest BCUT2D eigenvalue weighted by atomic mass is 19.1. The number of anilines is 1. The van der Waals surface area contributed by atoms with Crippen LogP contribution in [-0.2, 0) is 28.9 Å². The number of halogens is 1. The van der Waals surface area contributed by atoms with Crippen LogP contribution in [-0.4, -0.2) is 30.7 Å². The van der Waals surface area contributed by atoms with E-state index in [9.17, 15) is 14.0 Å². The van der Waals surface area contributed by atoms with Gasteiger partial charge in [0.05, 0.1) is 6.42 Å².